The van der Waals surface area contributed by atoms with E-state index in [0.29, 0.717) is 0 Å². The van der Waals surface area contributed by atoms with Crippen LogP contribution in [0.15, 0.2) is 115 Å². The Labute approximate surface area is 686 Å². The zero-order valence-corrected chi connectivity index (χ0v) is 69.1. The maximum absolute atomic E-state index is 6.09. The summed E-state index contributed by atoms with van der Waals surface area (Å²) in [5.74, 6) is 0. The van der Waals surface area contributed by atoms with E-state index < -0.39 is 0 Å². The Bertz CT molecular complexity index is 2760. The predicted molar refractivity (Wildman–Crippen MR) is 284 cm³/mol. The molecule has 0 spiro atoms. The molecule has 0 aliphatic carbocycles. The van der Waals surface area contributed by atoms with Crippen molar-refractivity contribution in [3.63, 3.8) is 0 Å². The molecule has 6 aromatic carbocycles. The second-order valence-electron chi connectivity index (χ2n) is 12.6. The van der Waals surface area contributed by atoms with E-state index in [9.17, 15) is 0 Å². The van der Waals surface area contributed by atoms with Gasteiger partial charge >= 0.3 is 0 Å². The average molecular weight is 1720 g/mol. The Kier molecular flexibility index (Phi) is 84.2. The minimum absolute atomic E-state index is 0. The van der Waals surface area contributed by atoms with Crippen LogP contribution in [-0.4, -0.2) is 0 Å². The van der Waals surface area contributed by atoms with Crippen LogP contribution in [0, 0.1) is 36.6 Å². The summed E-state index contributed by atoms with van der Waals surface area (Å²) in [4.78, 5) is 0. The van der Waals surface area contributed by atoms with E-state index in [4.69, 9.17) is 17.7 Å². The smallest absolute Gasteiger partial charge is 0.136 e. The molecular formula is C57H82O4Y10-4. The van der Waals surface area contributed by atoms with Gasteiger partial charge in [-0.05, 0) is 116 Å². The molecule has 0 amide bonds. The van der Waals surface area contributed by atoms with Crippen molar-refractivity contribution in [3.05, 3.63) is 149 Å². The van der Waals surface area contributed by atoms with Crippen molar-refractivity contribution in [1.82, 2.24) is 0 Å². The standard InChI is InChI=1S/C22H18O2.C21H16O2.2C2H6.6CH4.4CH3.10Y/c1-3-13-5-7-19-15(9-13)17-11-22-18(12-21(17)23-19)16-10-14(4-2)6-8-20(16)24-22;1-3-13-5-7-19-15(9-13)17-11-20-16(10-21(17)23-19)14-8-12(2)4-6-18(14)22-20;2*1-2;;;;;;;;;;;;;;;;;;;;/h5-12H,3-4H2,1-2H3;4-11H,3H2,1-2H3;2*1-2H3;6*1H4;4*1H3;;;;;;;;;;/q;;;;;;;;;;4*-1;;;;;;;;;;. The molecule has 0 unspecified atom stereocenters. The van der Waals surface area contributed by atoms with E-state index in [1.807, 2.05) is 33.8 Å². The van der Waals surface area contributed by atoms with Crippen LogP contribution in [0.25, 0.3) is 87.8 Å². The van der Waals surface area contributed by atoms with Gasteiger partial charge in [-0.1, -0.05) is 123 Å². The van der Waals surface area contributed by atoms with Gasteiger partial charge in [-0.25, -0.2) is 0 Å². The number of benzene rings is 6. The van der Waals surface area contributed by atoms with Gasteiger partial charge in [0.25, 0.3) is 0 Å². The van der Waals surface area contributed by atoms with Gasteiger partial charge in [-0.15, -0.1) is 0 Å². The number of furan rings is 4. The van der Waals surface area contributed by atoms with E-state index in [1.165, 1.54) is 33.0 Å². The molecule has 0 aliphatic rings. The first-order valence-electron chi connectivity index (χ1n) is 18.6. The molecule has 10 radical (unpaired) electrons. The quantitative estimate of drug-likeness (QED) is 0.165. The number of fused-ring (bicyclic) bond motifs is 12. The maximum Gasteiger partial charge on any atom is 0.136 e. The van der Waals surface area contributed by atoms with Crippen LogP contribution in [0.3, 0.4) is 0 Å². The molecule has 4 aromatic heterocycles. The zero-order valence-electron chi connectivity index (χ0n) is 40.8. The fourth-order valence-corrected chi connectivity index (χ4v) is 7.01. The molecule has 4 heterocycles. The average Bonchev–Trinajstić information content (AvgIpc) is 3.93. The third-order valence-corrected chi connectivity index (χ3v) is 9.70. The SMILES string of the molecule is C.C.C.C.C.C.CC.CC.CCc1ccc2oc3cc4c(cc3c2c1)oc1ccc(C)cc14.CCc1ccc2oc3cc4c(cc3c2c1)oc1ccc(CC)cc14.[CH3-].[CH3-].[CH3-].[CH3-].[Y].[Y].[Y].[Y].[Y].[Y].[Y].[Y].[Y].[Y]. The summed E-state index contributed by atoms with van der Waals surface area (Å²) in [7, 11) is 0. The van der Waals surface area contributed by atoms with E-state index in [2.05, 4.69) is 119 Å². The minimum Gasteiger partial charge on any atom is -0.456 e. The summed E-state index contributed by atoms with van der Waals surface area (Å²) in [6.45, 7) is 16.6. The van der Waals surface area contributed by atoms with Crippen molar-refractivity contribution in [2.45, 2.75) is 119 Å². The second-order valence-corrected chi connectivity index (χ2v) is 12.6. The summed E-state index contributed by atoms with van der Waals surface area (Å²) >= 11 is 0. The molecule has 0 N–H and O–H groups in total. The van der Waals surface area contributed by atoms with Crippen LogP contribution >= 0.6 is 0 Å². The number of rotatable bonds is 3. The van der Waals surface area contributed by atoms with Crippen molar-refractivity contribution in [1.29, 1.82) is 0 Å². The summed E-state index contributed by atoms with van der Waals surface area (Å²) in [5, 5.41) is 9.14. The van der Waals surface area contributed by atoms with Crippen molar-refractivity contribution in [2.24, 2.45) is 0 Å². The summed E-state index contributed by atoms with van der Waals surface area (Å²) in [6.07, 6.45) is 3.07. The molecule has 368 valence electrons. The van der Waals surface area contributed by atoms with E-state index in [1.54, 1.807) is 0 Å². The zero-order chi connectivity index (χ0) is 35.8. The summed E-state index contributed by atoms with van der Waals surface area (Å²) in [5.41, 5.74) is 12.6. The number of hydrogen-bond acceptors (Lipinski definition) is 4. The third kappa shape index (κ3) is 25.1. The Morgan fingerprint density at radius 3 is 0.662 bits per heavy atom. The minimum atomic E-state index is 0. The van der Waals surface area contributed by atoms with Gasteiger partial charge in [0.2, 0.25) is 0 Å². The van der Waals surface area contributed by atoms with Gasteiger partial charge in [-0.2, -0.15) is 0 Å². The normalized spacial score (nSPS) is 8.17. The number of aryl methyl sites for hydroxylation is 4. The van der Waals surface area contributed by atoms with E-state index >= 15 is 0 Å². The molecule has 0 bridgehead atoms. The van der Waals surface area contributed by atoms with Gasteiger partial charge in [-0.3, -0.25) is 0 Å². The van der Waals surface area contributed by atoms with Crippen LogP contribution in [0.4, 0.5) is 0 Å². The monoisotopic (exact) mass is 1720 g/mol. The first kappa shape index (κ1) is 112. The van der Waals surface area contributed by atoms with Crippen LogP contribution in [-0.2, 0) is 346 Å². The Morgan fingerprint density at radius 1 is 0.268 bits per heavy atom. The van der Waals surface area contributed by atoms with Crippen molar-refractivity contribution in [3.8, 4) is 0 Å². The fourth-order valence-electron chi connectivity index (χ4n) is 7.01. The summed E-state index contributed by atoms with van der Waals surface area (Å²) < 4.78 is 24.3. The van der Waals surface area contributed by atoms with Crippen LogP contribution < -0.4 is 0 Å². The van der Waals surface area contributed by atoms with E-state index in [-0.39, 0.29) is 401 Å². The third-order valence-electron chi connectivity index (χ3n) is 9.70. The van der Waals surface area contributed by atoms with Crippen molar-refractivity contribution >= 4 is 87.8 Å². The molecule has 0 saturated carbocycles. The number of hydrogen-bond donors (Lipinski definition) is 0. The van der Waals surface area contributed by atoms with Crippen LogP contribution in [0.2, 0.25) is 0 Å². The van der Waals surface area contributed by atoms with Crippen molar-refractivity contribution in [2.75, 3.05) is 0 Å². The molecular weight excluding hydrogens is 1640 g/mol. The van der Waals surface area contributed by atoms with E-state index in [0.717, 1.165) is 96.2 Å². The molecule has 10 aromatic rings. The fraction of sp³-hybridized carbons (Fsp3) is 0.298. The molecule has 4 nitrogen and oxygen atoms in total. The van der Waals surface area contributed by atoms with Gasteiger partial charge in [0.05, 0.1) is 0 Å². The topological polar surface area (TPSA) is 52.6 Å². The maximum atomic E-state index is 6.09. The Hall–Kier alpha value is 5.56. The molecule has 0 saturated heterocycles. The first-order chi connectivity index (χ1) is 25.0. The molecule has 71 heavy (non-hydrogen) atoms. The summed E-state index contributed by atoms with van der Waals surface area (Å²) in [6, 6.07) is 34.1. The second kappa shape index (κ2) is 53.6. The molecule has 0 aliphatic heterocycles. The molecule has 14 heteroatoms. The Balaban J connectivity index is -0.0000000564. The molecule has 0 fully saturated rings. The van der Waals surface area contributed by atoms with Gasteiger partial charge in [0.15, 0.2) is 0 Å². The van der Waals surface area contributed by atoms with Gasteiger partial charge < -0.3 is 47.4 Å². The first-order valence-corrected chi connectivity index (χ1v) is 18.6. The molecule has 0 atom stereocenters. The van der Waals surface area contributed by atoms with Crippen LogP contribution in [0.5, 0.6) is 0 Å². The predicted octanol–water partition coefficient (Wildman–Crippen LogP) is 20.6. The largest absolute Gasteiger partial charge is 0.456 e. The Morgan fingerprint density at radius 2 is 0.451 bits per heavy atom. The van der Waals surface area contributed by atoms with Gasteiger partial charge in [0.1, 0.15) is 44.7 Å². The van der Waals surface area contributed by atoms with Crippen LogP contribution in [0.1, 0.15) is 115 Å². The van der Waals surface area contributed by atoms with Gasteiger partial charge in [0, 0.05) is 370 Å². The molecule has 10 rings (SSSR count). The van der Waals surface area contributed by atoms with Crippen molar-refractivity contribution < 1.29 is 345 Å².